The SMILES string of the molecule is CCCCn1c(C(Oc2ccc(SCC(=O)OCC)cc2C)c2ccccc2)nn(-c2ccc(C(F)(F)F)cc2)c1=O. The largest absolute Gasteiger partial charge is 0.477 e. The van der Waals surface area contributed by atoms with Crippen LogP contribution in [0.1, 0.15) is 55.3 Å². The molecular weight excluding hydrogens is 567 g/mol. The number of rotatable bonds is 12. The Hall–Kier alpha value is -3.99. The third-order valence-electron chi connectivity index (χ3n) is 6.46. The molecule has 0 aliphatic carbocycles. The second-order valence-electron chi connectivity index (χ2n) is 9.53. The average Bonchev–Trinajstić information content (AvgIpc) is 3.30. The smallest absolute Gasteiger partial charge is 0.416 e. The number of thioether (sulfide) groups is 1. The molecule has 11 heteroatoms. The van der Waals surface area contributed by atoms with E-state index in [9.17, 15) is 22.8 Å². The summed E-state index contributed by atoms with van der Waals surface area (Å²) in [6.45, 7) is 6.33. The van der Waals surface area contributed by atoms with Crippen LogP contribution in [0.15, 0.2) is 82.5 Å². The summed E-state index contributed by atoms with van der Waals surface area (Å²) in [5.41, 5.74) is 0.504. The molecule has 0 aliphatic heterocycles. The number of aryl methyl sites for hydroxylation is 1. The van der Waals surface area contributed by atoms with Gasteiger partial charge in [-0.15, -0.1) is 16.9 Å². The van der Waals surface area contributed by atoms with Crippen LogP contribution in [0.25, 0.3) is 5.69 Å². The van der Waals surface area contributed by atoms with Crippen molar-refractivity contribution in [2.75, 3.05) is 12.4 Å². The molecule has 222 valence electrons. The van der Waals surface area contributed by atoms with E-state index < -0.39 is 23.5 Å². The van der Waals surface area contributed by atoms with Crippen molar-refractivity contribution in [3.63, 3.8) is 0 Å². The zero-order valence-electron chi connectivity index (χ0n) is 23.6. The second kappa shape index (κ2) is 13.8. The van der Waals surface area contributed by atoms with Gasteiger partial charge in [-0.3, -0.25) is 9.36 Å². The Morgan fingerprint density at radius 2 is 1.74 bits per heavy atom. The van der Waals surface area contributed by atoms with Gasteiger partial charge in [0, 0.05) is 17.0 Å². The minimum absolute atomic E-state index is 0.186. The lowest BCUT2D eigenvalue weighted by Gasteiger charge is -2.21. The molecule has 0 radical (unpaired) electrons. The summed E-state index contributed by atoms with van der Waals surface area (Å²) in [5, 5.41) is 4.62. The number of alkyl halides is 3. The Kier molecular flexibility index (Phi) is 10.2. The summed E-state index contributed by atoms with van der Waals surface area (Å²) in [5.74, 6) is 0.784. The number of carbonyl (C=O) groups is 1. The van der Waals surface area contributed by atoms with Crippen LogP contribution in [0.4, 0.5) is 13.2 Å². The molecule has 0 bridgehead atoms. The number of halogens is 3. The Balaban J connectivity index is 1.73. The van der Waals surface area contributed by atoms with Gasteiger partial charge in [0.2, 0.25) is 0 Å². The van der Waals surface area contributed by atoms with Crippen LogP contribution in [0.5, 0.6) is 5.75 Å². The molecule has 0 saturated carbocycles. The first-order valence-electron chi connectivity index (χ1n) is 13.6. The number of esters is 1. The molecular formula is C31H32F3N3O4S. The number of hydrogen-bond donors (Lipinski definition) is 0. The molecule has 0 aliphatic rings. The second-order valence-corrected chi connectivity index (χ2v) is 10.6. The number of unbranched alkanes of at least 4 members (excludes halogenated alkanes) is 1. The van der Waals surface area contributed by atoms with Crippen molar-refractivity contribution in [1.82, 2.24) is 14.3 Å². The number of ether oxygens (including phenoxy) is 2. The highest BCUT2D eigenvalue weighted by Gasteiger charge is 2.31. The van der Waals surface area contributed by atoms with Crippen molar-refractivity contribution >= 4 is 17.7 Å². The van der Waals surface area contributed by atoms with Crippen molar-refractivity contribution in [2.24, 2.45) is 0 Å². The van der Waals surface area contributed by atoms with E-state index in [0.29, 0.717) is 31.1 Å². The molecule has 3 aromatic carbocycles. The van der Waals surface area contributed by atoms with Crippen molar-refractivity contribution in [3.8, 4) is 11.4 Å². The summed E-state index contributed by atoms with van der Waals surface area (Å²) in [6.07, 6.45) is -3.77. The molecule has 0 N–H and O–H groups in total. The molecule has 1 atom stereocenters. The Morgan fingerprint density at radius 3 is 2.36 bits per heavy atom. The first-order valence-corrected chi connectivity index (χ1v) is 14.6. The summed E-state index contributed by atoms with van der Waals surface area (Å²) < 4.78 is 53.6. The molecule has 0 saturated heterocycles. The maximum Gasteiger partial charge on any atom is 0.416 e. The van der Waals surface area contributed by atoms with E-state index in [1.54, 1.807) is 13.0 Å². The van der Waals surface area contributed by atoms with Gasteiger partial charge in [-0.2, -0.15) is 17.9 Å². The Bertz CT molecular complexity index is 1550. The van der Waals surface area contributed by atoms with Gasteiger partial charge in [0.1, 0.15) is 5.75 Å². The number of benzene rings is 3. The fourth-order valence-corrected chi connectivity index (χ4v) is 5.10. The van der Waals surface area contributed by atoms with Crippen LogP contribution in [-0.2, 0) is 22.3 Å². The van der Waals surface area contributed by atoms with Gasteiger partial charge in [-0.25, -0.2) is 4.79 Å². The van der Waals surface area contributed by atoms with Crippen LogP contribution in [0.2, 0.25) is 0 Å². The number of carbonyl (C=O) groups excluding carboxylic acids is 1. The van der Waals surface area contributed by atoms with Gasteiger partial charge in [0.25, 0.3) is 0 Å². The van der Waals surface area contributed by atoms with Gasteiger partial charge >= 0.3 is 17.8 Å². The van der Waals surface area contributed by atoms with Crippen LogP contribution in [0, 0.1) is 6.92 Å². The fraction of sp³-hybridized carbons (Fsp3) is 0.323. The number of hydrogen-bond acceptors (Lipinski definition) is 6. The first-order chi connectivity index (χ1) is 20.1. The Labute approximate surface area is 246 Å². The molecule has 1 aromatic heterocycles. The van der Waals surface area contributed by atoms with E-state index in [4.69, 9.17) is 9.47 Å². The lowest BCUT2D eigenvalue weighted by molar-refractivity contribution is -0.140. The highest BCUT2D eigenvalue weighted by atomic mass is 32.2. The van der Waals surface area contributed by atoms with Crippen LogP contribution in [-0.4, -0.2) is 32.7 Å². The maximum absolute atomic E-state index is 13.6. The van der Waals surface area contributed by atoms with E-state index >= 15 is 0 Å². The van der Waals surface area contributed by atoms with Gasteiger partial charge in [0.05, 0.1) is 23.6 Å². The average molecular weight is 600 g/mol. The highest BCUT2D eigenvalue weighted by molar-refractivity contribution is 8.00. The first kappa shape index (κ1) is 31.0. The van der Waals surface area contributed by atoms with Crippen molar-refractivity contribution < 1.29 is 27.4 Å². The predicted octanol–water partition coefficient (Wildman–Crippen LogP) is 6.98. The predicted molar refractivity (Wildman–Crippen MR) is 155 cm³/mol. The van der Waals surface area contributed by atoms with Gasteiger partial charge < -0.3 is 9.47 Å². The van der Waals surface area contributed by atoms with Crippen molar-refractivity contribution in [2.45, 2.75) is 57.3 Å². The third kappa shape index (κ3) is 7.44. The molecule has 4 rings (SSSR count). The summed E-state index contributed by atoms with van der Waals surface area (Å²) in [7, 11) is 0. The molecule has 0 spiro atoms. The Morgan fingerprint density at radius 1 is 1.02 bits per heavy atom. The third-order valence-corrected chi connectivity index (χ3v) is 7.42. The molecule has 7 nitrogen and oxygen atoms in total. The standard InChI is InChI=1S/C31H32F3N3O4S/c1-4-6-18-36-29(35-37(30(36)39)24-14-12-23(13-15-24)31(32,33)34)28(22-10-8-7-9-11-22)41-26-17-16-25(19-21(26)3)42-20-27(38)40-5-2/h7-17,19,28H,4-6,18,20H2,1-3H3. The molecule has 0 fully saturated rings. The van der Waals surface area contributed by atoms with E-state index in [1.165, 1.54) is 28.5 Å². The van der Waals surface area contributed by atoms with Crippen LogP contribution in [0.3, 0.4) is 0 Å². The highest BCUT2D eigenvalue weighted by Crippen LogP contribution is 2.33. The summed E-state index contributed by atoms with van der Waals surface area (Å²) >= 11 is 1.36. The minimum atomic E-state index is -4.49. The van der Waals surface area contributed by atoms with E-state index in [1.807, 2.05) is 56.3 Å². The molecule has 1 unspecified atom stereocenters. The van der Waals surface area contributed by atoms with E-state index in [0.717, 1.165) is 39.3 Å². The number of aromatic nitrogens is 3. The normalized spacial score (nSPS) is 12.2. The zero-order valence-corrected chi connectivity index (χ0v) is 24.4. The fourth-order valence-electron chi connectivity index (χ4n) is 4.31. The quantitative estimate of drug-likeness (QED) is 0.129. The van der Waals surface area contributed by atoms with Gasteiger partial charge in [0.15, 0.2) is 11.9 Å². The molecule has 0 amide bonds. The van der Waals surface area contributed by atoms with E-state index in [2.05, 4.69) is 5.10 Å². The lowest BCUT2D eigenvalue weighted by atomic mass is 10.1. The van der Waals surface area contributed by atoms with Crippen molar-refractivity contribution in [1.29, 1.82) is 0 Å². The lowest BCUT2D eigenvalue weighted by Crippen LogP contribution is -2.26. The van der Waals surface area contributed by atoms with Crippen LogP contribution < -0.4 is 10.4 Å². The van der Waals surface area contributed by atoms with Crippen molar-refractivity contribution in [3.05, 3.63) is 106 Å². The number of nitrogens with zero attached hydrogens (tertiary/aromatic N) is 3. The minimum Gasteiger partial charge on any atom is -0.477 e. The van der Waals surface area contributed by atoms with Crippen LogP contribution >= 0.6 is 11.8 Å². The monoisotopic (exact) mass is 599 g/mol. The summed E-state index contributed by atoms with van der Waals surface area (Å²) in [4.78, 5) is 26.2. The molecule has 1 heterocycles. The van der Waals surface area contributed by atoms with Gasteiger partial charge in [-0.1, -0.05) is 43.7 Å². The zero-order chi connectivity index (χ0) is 30.3. The molecule has 42 heavy (non-hydrogen) atoms. The topological polar surface area (TPSA) is 75.3 Å². The van der Waals surface area contributed by atoms with Gasteiger partial charge in [-0.05, 0) is 68.3 Å². The molecule has 4 aromatic rings. The maximum atomic E-state index is 13.6. The summed E-state index contributed by atoms with van der Waals surface area (Å²) in [6, 6.07) is 19.2. The van der Waals surface area contributed by atoms with E-state index in [-0.39, 0.29) is 17.4 Å².